The van der Waals surface area contributed by atoms with Gasteiger partial charge < -0.3 is 9.67 Å². The van der Waals surface area contributed by atoms with Crippen LogP contribution in [0.15, 0.2) is 5.16 Å². The molecule has 1 fully saturated rings. The summed E-state index contributed by atoms with van der Waals surface area (Å²) in [6, 6.07) is 0. The van der Waals surface area contributed by atoms with Crippen LogP contribution < -0.4 is 0 Å². The number of hydrogen-bond donors (Lipinski definition) is 1. The minimum atomic E-state index is -2.96. The Labute approximate surface area is 109 Å². The number of aromatic nitrogens is 3. The molecule has 0 amide bonds. The molecule has 0 bridgehead atoms. The van der Waals surface area contributed by atoms with Crippen molar-refractivity contribution < 1.29 is 18.3 Å². The van der Waals surface area contributed by atoms with Crippen LogP contribution in [-0.2, 0) is 21.7 Å². The highest BCUT2D eigenvalue weighted by Crippen LogP contribution is 2.29. The second-order valence-corrected chi connectivity index (χ2v) is 7.35. The molecule has 18 heavy (non-hydrogen) atoms. The molecule has 0 saturated carbocycles. The summed E-state index contributed by atoms with van der Waals surface area (Å²) in [4.78, 5) is 10.5. The highest BCUT2D eigenvalue weighted by molar-refractivity contribution is 7.99. The molecule has 1 unspecified atom stereocenters. The number of nitrogens with zero attached hydrogens (tertiary/aromatic N) is 3. The second-order valence-electron chi connectivity index (χ2n) is 4.18. The van der Waals surface area contributed by atoms with Gasteiger partial charge >= 0.3 is 5.97 Å². The number of carbonyl (C=O) groups is 1. The largest absolute Gasteiger partial charge is 0.481 e. The molecule has 0 aromatic carbocycles. The van der Waals surface area contributed by atoms with Gasteiger partial charge in [-0.3, -0.25) is 4.79 Å². The van der Waals surface area contributed by atoms with Crippen molar-refractivity contribution in [2.45, 2.75) is 17.5 Å². The van der Waals surface area contributed by atoms with Gasteiger partial charge in [0.25, 0.3) is 0 Å². The zero-order valence-electron chi connectivity index (χ0n) is 9.74. The first-order valence-corrected chi connectivity index (χ1v) is 8.14. The summed E-state index contributed by atoms with van der Waals surface area (Å²) in [5.74, 6) is -0.247. The molecule has 2 rings (SSSR count). The second kappa shape index (κ2) is 4.88. The Kier molecular flexibility index (Phi) is 3.62. The summed E-state index contributed by atoms with van der Waals surface area (Å²) < 4.78 is 24.5. The van der Waals surface area contributed by atoms with Crippen molar-refractivity contribution in [2.24, 2.45) is 7.05 Å². The van der Waals surface area contributed by atoms with Gasteiger partial charge in [0.2, 0.25) is 0 Å². The molecule has 1 saturated heterocycles. The monoisotopic (exact) mass is 291 g/mol. The average molecular weight is 291 g/mol. The topological polar surface area (TPSA) is 102 Å². The van der Waals surface area contributed by atoms with Gasteiger partial charge in [0.05, 0.1) is 17.3 Å². The van der Waals surface area contributed by atoms with E-state index in [-0.39, 0.29) is 23.2 Å². The van der Waals surface area contributed by atoms with E-state index in [1.807, 2.05) is 0 Å². The Bertz CT molecular complexity index is 566. The number of hydrogen-bond acceptors (Lipinski definition) is 6. The standard InChI is InChI=1S/C9H13N3O4S2/c1-12-8(6-2-3-18(15,16)5-6)10-11-9(12)17-4-7(13)14/h6H,2-5H2,1H3,(H,13,14). The first-order chi connectivity index (χ1) is 8.39. The summed E-state index contributed by atoms with van der Waals surface area (Å²) in [7, 11) is -1.23. The lowest BCUT2D eigenvalue weighted by atomic mass is 10.1. The molecule has 2 heterocycles. The summed E-state index contributed by atoms with van der Waals surface area (Å²) in [5.41, 5.74) is 0. The third-order valence-corrected chi connectivity index (χ3v) is 5.56. The van der Waals surface area contributed by atoms with E-state index in [4.69, 9.17) is 5.11 Å². The van der Waals surface area contributed by atoms with Crippen LogP contribution in [0.3, 0.4) is 0 Å². The third-order valence-electron chi connectivity index (χ3n) is 2.79. The molecule has 9 heteroatoms. The van der Waals surface area contributed by atoms with E-state index < -0.39 is 15.8 Å². The van der Waals surface area contributed by atoms with E-state index in [0.29, 0.717) is 17.4 Å². The summed E-state index contributed by atoms with van der Waals surface area (Å²) in [6.07, 6.45) is 0.553. The smallest absolute Gasteiger partial charge is 0.313 e. The quantitative estimate of drug-likeness (QED) is 0.772. The third kappa shape index (κ3) is 2.83. The Hall–Kier alpha value is -1.09. The van der Waals surface area contributed by atoms with Crippen LogP contribution in [0.25, 0.3) is 0 Å². The normalized spacial score (nSPS) is 22.2. The molecular formula is C9H13N3O4S2. The fraction of sp³-hybridized carbons (Fsp3) is 0.667. The maximum absolute atomic E-state index is 11.4. The molecule has 1 N–H and O–H groups in total. The first kappa shape index (κ1) is 13.3. The van der Waals surface area contributed by atoms with Crippen LogP contribution in [-0.4, -0.2) is 51.5 Å². The average Bonchev–Trinajstić information content (AvgIpc) is 2.79. The zero-order chi connectivity index (χ0) is 13.3. The van der Waals surface area contributed by atoms with Crippen molar-refractivity contribution >= 4 is 27.6 Å². The van der Waals surface area contributed by atoms with Gasteiger partial charge in [0.1, 0.15) is 5.82 Å². The SMILES string of the molecule is Cn1c(SCC(=O)O)nnc1C1CCS(=O)(=O)C1. The molecule has 100 valence electrons. The number of thioether (sulfide) groups is 1. The Morgan fingerprint density at radius 1 is 1.56 bits per heavy atom. The molecule has 1 aromatic rings. The predicted molar refractivity (Wildman–Crippen MR) is 65.4 cm³/mol. The van der Waals surface area contributed by atoms with E-state index in [1.165, 1.54) is 0 Å². The van der Waals surface area contributed by atoms with Crippen molar-refractivity contribution in [1.82, 2.24) is 14.8 Å². The Morgan fingerprint density at radius 2 is 2.28 bits per heavy atom. The molecule has 0 spiro atoms. The Balaban J connectivity index is 2.14. The van der Waals surface area contributed by atoms with Crippen molar-refractivity contribution in [1.29, 1.82) is 0 Å². The summed E-state index contributed by atoms with van der Waals surface area (Å²) >= 11 is 1.08. The number of rotatable bonds is 4. The van der Waals surface area contributed by atoms with E-state index >= 15 is 0 Å². The molecule has 0 aliphatic carbocycles. The maximum Gasteiger partial charge on any atom is 0.313 e. The van der Waals surface area contributed by atoms with Crippen molar-refractivity contribution in [3.63, 3.8) is 0 Å². The van der Waals surface area contributed by atoms with Gasteiger partial charge in [-0.2, -0.15) is 0 Å². The van der Waals surface area contributed by atoms with Gasteiger partial charge in [-0.05, 0) is 6.42 Å². The number of sulfone groups is 1. The first-order valence-electron chi connectivity index (χ1n) is 5.33. The van der Waals surface area contributed by atoms with E-state index in [0.717, 1.165) is 11.8 Å². The molecule has 7 nitrogen and oxygen atoms in total. The molecule has 1 aromatic heterocycles. The highest BCUT2D eigenvalue weighted by Gasteiger charge is 2.32. The van der Waals surface area contributed by atoms with Crippen LogP contribution in [0, 0.1) is 0 Å². The number of carboxylic acids is 1. The molecule has 1 atom stereocenters. The van der Waals surface area contributed by atoms with Crippen LogP contribution in [0.2, 0.25) is 0 Å². The van der Waals surface area contributed by atoms with Crippen LogP contribution >= 0.6 is 11.8 Å². The van der Waals surface area contributed by atoms with Crippen LogP contribution in [0.1, 0.15) is 18.2 Å². The lowest BCUT2D eigenvalue weighted by Crippen LogP contribution is -2.09. The lowest BCUT2D eigenvalue weighted by Gasteiger charge is -2.07. The van der Waals surface area contributed by atoms with Gasteiger partial charge in [0.15, 0.2) is 15.0 Å². The van der Waals surface area contributed by atoms with E-state index in [9.17, 15) is 13.2 Å². The number of aliphatic carboxylic acids is 1. The fourth-order valence-corrected chi connectivity index (χ4v) is 4.31. The van der Waals surface area contributed by atoms with Crippen LogP contribution in [0.4, 0.5) is 0 Å². The molecule has 1 aliphatic heterocycles. The molecular weight excluding hydrogens is 278 g/mol. The molecule has 1 aliphatic rings. The summed E-state index contributed by atoms with van der Waals surface area (Å²) in [6.45, 7) is 0. The minimum Gasteiger partial charge on any atom is -0.481 e. The van der Waals surface area contributed by atoms with Gasteiger partial charge in [-0.15, -0.1) is 10.2 Å². The molecule has 0 radical (unpaired) electrons. The Morgan fingerprint density at radius 3 is 2.83 bits per heavy atom. The van der Waals surface area contributed by atoms with Gasteiger partial charge in [0, 0.05) is 13.0 Å². The van der Waals surface area contributed by atoms with Crippen molar-refractivity contribution in [2.75, 3.05) is 17.3 Å². The zero-order valence-corrected chi connectivity index (χ0v) is 11.4. The number of carboxylic acid groups (broad SMARTS) is 1. The van der Waals surface area contributed by atoms with Crippen molar-refractivity contribution in [3.8, 4) is 0 Å². The lowest BCUT2D eigenvalue weighted by molar-refractivity contribution is -0.133. The van der Waals surface area contributed by atoms with E-state index in [2.05, 4.69) is 10.2 Å². The predicted octanol–water partition coefficient (Wildman–Crippen LogP) is -0.106. The van der Waals surface area contributed by atoms with E-state index in [1.54, 1.807) is 11.6 Å². The summed E-state index contributed by atoms with van der Waals surface area (Å²) in [5, 5.41) is 17.0. The van der Waals surface area contributed by atoms with Gasteiger partial charge in [-0.25, -0.2) is 8.42 Å². The fourth-order valence-electron chi connectivity index (χ4n) is 1.93. The van der Waals surface area contributed by atoms with Gasteiger partial charge in [-0.1, -0.05) is 11.8 Å². The van der Waals surface area contributed by atoms with Crippen molar-refractivity contribution in [3.05, 3.63) is 5.82 Å². The highest BCUT2D eigenvalue weighted by atomic mass is 32.2. The van der Waals surface area contributed by atoms with Crippen LogP contribution in [0.5, 0.6) is 0 Å². The maximum atomic E-state index is 11.4. The minimum absolute atomic E-state index is 0.0884.